The molecule has 0 aliphatic rings. The lowest BCUT2D eigenvalue weighted by atomic mass is 10.1. The lowest BCUT2D eigenvalue weighted by molar-refractivity contribution is -0.166. The molecule has 0 radical (unpaired) electrons. The highest BCUT2D eigenvalue weighted by Gasteiger charge is 2.19. The van der Waals surface area contributed by atoms with Crippen molar-refractivity contribution in [2.75, 3.05) is 14.2 Å². The Kier molecular flexibility index (Phi) is 4.00. The normalized spacial score (nSPS) is 13.2. The maximum atomic E-state index is 12.8. The molecule has 3 nitrogen and oxygen atoms in total. The molecule has 0 amide bonds. The molecule has 1 aromatic rings. The summed E-state index contributed by atoms with van der Waals surface area (Å²) in [5, 5.41) is 9.69. The van der Waals surface area contributed by atoms with Crippen molar-refractivity contribution in [2.24, 2.45) is 0 Å². The topological polar surface area (TPSA) is 38.7 Å². The zero-order chi connectivity index (χ0) is 10.6. The maximum Gasteiger partial charge on any atom is 0.187 e. The van der Waals surface area contributed by atoms with Gasteiger partial charge in [-0.3, -0.25) is 0 Å². The van der Waals surface area contributed by atoms with Crippen molar-refractivity contribution in [1.82, 2.24) is 0 Å². The van der Waals surface area contributed by atoms with E-state index in [0.29, 0.717) is 5.56 Å². The minimum atomic E-state index is -0.985. The summed E-state index contributed by atoms with van der Waals surface area (Å²) in [5.74, 6) is -0.396. The molecule has 0 aliphatic heterocycles. The molecule has 1 atom stereocenters. The van der Waals surface area contributed by atoms with E-state index in [4.69, 9.17) is 9.47 Å². The van der Waals surface area contributed by atoms with Gasteiger partial charge in [0.1, 0.15) is 11.9 Å². The molecule has 0 aliphatic carbocycles. The minimum absolute atomic E-state index is 0.396. The van der Waals surface area contributed by atoms with Gasteiger partial charge in [-0.25, -0.2) is 4.39 Å². The molecule has 0 fully saturated rings. The van der Waals surface area contributed by atoms with Crippen molar-refractivity contribution < 1.29 is 19.0 Å². The number of hydrogen-bond acceptors (Lipinski definition) is 3. The number of aliphatic hydroxyl groups excluding tert-OH is 1. The van der Waals surface area contributed by atoms with E-state index in [-0.39, 0.29) is 0 Å². The Balaban J connectivity index is 2.82. The maximum absolute atomic E-state index is 12.8. The third-order valence-electron chi connectivity index (χ3n) is 1.91. The summed E-state index contributed by atoms with van der Waals surface area (Å²) in [7, 11) is 2.83. The second kappa shape index (κ2) is 5.05. The van der Waals surface area contributed by atoms with Crippen molar-refractivity contribution in [1.29, 1.82) is 0 Å². The standard InChI is InChI=1S/C10H13FO3/c1-13-10(14-2)9(12)7-4-3-5-8(11)6-7/h3-6,9-10,12H,1-2H3. The first-order valence-corrected chi connectivity index (χ1v) is 4.18. The number of benzene rings is 1. The molecule has 4 heteroatoms. The summed E-state index contributed by atoms with van der Waals surface area (Å²) < 4.78 is 22.5. The van der Waals surface area contributed by atoms with Gasteiger partial charge in [-0.05, 0) is 17.7 Å². The van der Waals surface area contributed by atoms with Crippen LogP contribution >= 0.6 is 0 Å². The predicted molar refractivity (Wildman–Crippen MR) is 49.2 cm³/mol. The van der Waals surface area contributed by atoms with Gasteiger partial charge in [0, 0.05) is 14.2 Å². The van der Waals surface area contributed by atoms with Gasteiger partial charge in [0.2, 0.25) is 0 Å². The van der Waals surface area contributed by atoms with Crippen molar-refractivity contribution in [3.63, 3.8) is 0 Å². The largest absolute Gasteiger partial charge is 0.383 e. The predicted octanol–water partition coefficient (Wildman–Crippen LogP) is 1.48. The van der Waals surface area contributed by atoms with E-state index in [1.807, 2.05) is 0 Å². The van der Waals surface area contributed by atoms with Crippen molar-refractivity contribution >= 4 is 0 Å². The van der Waals surface area contributed by atoms with Gasteiger partial charge < -0.3 is 14.6 Å². The lowest BCUT2D eigenvalue weighted by Crippen LogP contribution is -2.22. The summed E-state index contributed by atoms with van der Waals surface area (Å²) in [6.45, 7) is 0. The van der Waals surface area contributed by atoms with Gasteiger partial charge in [0.15, 0.2) is 6.29 Å². The molecule has 1 unspecified atom stereocenters. The Labute approximate surface area is 82.1 Å². The Morgan fingerprint density at radius 1 is 1.29 bits per heavy atom. The van der Waals surface area contributed by atoms with Gasteiger partial charge >= 0.3 is 0 Å². The molecule has 1 aromatic carbocycles. The van der Waals surface area contributed by atoms with Crippen LogP contribution in [0.1, 0.15) is 11.7 Å². The van der Waals surface area contributed by atoms with Gasteiger partial charge in [-0.15, -0.1) is 0 Å². The van der Waals surface area contributed by atoms with Crippen LogP contribution in [0.2, 0.25) is 0 Å². The fourth-order valence-electron chi connectivity index (χ4n) is 1.20. The highest BCUT2D eigenvalue weighted by atomic mass is 19.1. The SMILES string of the molecule is COC(OC)C(O)c1cccc(F)c1. The van der Waals surface area contributed by atoms with E-state index in [1.165, 1.54) is 32.4 Å². The van der Waals surface area contributed by atoms with E-state index >= 15 is 0 Å². The lowest BCUT2D eigenvalue weighted by Gasteiger charge is -2.20. The molecule has 78 valence electrons. The number of ether oxygens (including phenoxy) is 2. The first-order chi connectivity index (χ1) is 6.69. The van der Waals surface area contributed by atoms with Crippen LogP contribution in [-0.4, -0.2) is 25.6 Å². The summed E-state index contributed by atoms with van der Waals surface area (Å²) in [5.41, 5.74) is 0.429. The van der Waals surface area contributed by atoms with Crippen LogP contribution in [0.5, 0.6) is 0 Å². The Morgan fingerprint density at radius 3 is 2.43 bits per heavy atom. The first kappa shape index (κ1) is 11.1. The van der Waals surface area contributed by atoms with E-state index in [1.54, 1.807) is 6.07 Å². The second-order valence-electron chi connectivity index (χ2n) is 2.84. The van der Waals surface area contributed by atoms with Gasteiger partial charge in [0.05, 0.1) is 0 Å². The number of aliphatic hydroxyl groups is 1. The summed E-state index contributed by atoms with van der Waals surface area (Å²) in [4.78, 5) is 0. The van der Waals surface area contributed by atoms with Crippen LogP contribution in [0, 0.1) is 5.82 Å². The number of halogens is 1. The van der Waals surface area contributed by atoms with Gasteiger partial charge in [-0.1, -0.05) is 12.1 Å². The quantitative estimate of drug-likeness (QED) is 0.748. The molecule has 0 saturated carbocycles. The van der Waals surface area contributed by atoms with E-state index < -0.39 is 18.2 Å². The van der Waals surface area contributed by atoms with Crippen LogP contribution in [0.25, 0.3) is 0 Å². The molecule has 1 rings (SSSR count). The minimum Gasteiger partial charge on any atom is -0.383 e. The summed E-state index contributed by atoms with van der Waals surface area (Å²) >= 11 is 0. The molecule has 0 heterocycles. The van der Waals surface area contributed by atoms with Crippen LogP contribution in [0.15, 0.2) is 24.3 Å². The molecular weight excluding hydrogens is 187 g/mol. The molecule has 0 spiro atoms. The third-order valence-corrected chi connectivity index (χ3v) is 1.91. The molecule has 14 heavy (non-hydrogen) atoms. The molecule has 0 bridgehead atoms. The average molecular weight is 200 g/mol. The number of hydrogen-bond donors (Lipinski definition) is 1. The Hall–Kier alpha value is -0.970. The number of methoxy groups -OCH3 is 2. The van der Waals surface area contributed by atoms with Crippen molar-refractivity contribution in [3.8, 4) is 0 Å². The van der Waals surface area contributed by atoms with Crippen LogP contribution in [0.3, 0.4) is 0 Å². The van der Waals surface area contributed by atoms with Gasteiger partial charge in [0.25, 0.3) is 0 Å². The van der Waals surface area contributed by atoms with E-state index in [2.05, 4.69) is 0 Å². The molecular formula is C10H13FO3. The van der Waals surface area contributed by atoms with Crippen LogP contribution in [-0.2, 0) is 9.47 Å². The average Bonchev–Trinajstić information content (AvgIpc) is 2.19. The van der Waals surface area contributed by atoms with Crippen molar-refractivity contribution in [3.05, 3.63) is 35.6 Å². The zero-order valence-corrected chi connectivity index (χ0v) is 8.11. The van der Waals surface area contributed by atoms with Gasteiger partial charge in [-0.2, -0.15) is 0 Å². The van der Waals surface area contributed by atoms with Crippen molar-refractivity contribution in [2.45, 2.75) is 12.4 Å². The van der Waals surface area contributed by atoms with E-state index in [0.717, 1.165) is 0 Å². The fourth-order valence-corrected chi connectivity index (χ4v) is 1.20. The Morgan fingerprint density at radius 2 is 1.93 bits per heavy atom. The molecule has 0 aromatic heterocycles. The monoisotopic (exact) mass is 200 g/mol. The van der Waals surface area contributed by atoms with E-state index in [9.17, 15) is 9.50 Å². The number of rotatable bonds is 4. The molecule has 1 N–H and O–H groups in total. The van der Waals surface area contributed by atoms with Crippen LogP contribution in [0.4, 0.5) is 4.39 Å². The summed E-state index contributed by atoms with van der Waals surface area (Å²) in [6.07, 6.45) is -1.77. The summed E-state index contributed by atoms with van der Waals surface area (Å²) in [6, 6.07) is 5.69. The third kappa shape index (κ3) is 2.51. The highest BCUT2D eigenvalue weighted by Crippen LogP contribution is 2.19. The smallest absolute Gasteiger partial charge is 0.187 e. The van der Waals surface area contributed by atoms with Crippen LogP contribution < -0.4 is 0 Å². The Bertz CT molecular complexity index is 286. The highest BCUT2D eigenvalue weighted by molar-refractivity contribution is 5.19. The zero-order valence-electron chi connectivity index (χ0n) is 8.11. The molecule has 0 saturated heterocycles. The first-order valence-electron chi connectivity index (χ1n) is 4.18. The fraction of sp³-hybridized carbons (Fsp3) is 0.400. The second-order valence-corrected chi connectivity index (χ2v) is 2.84.